The molecule has 0 spiro atoms. The van der Waals surface area contributed by atoms with Gasteiger partial charge in [0, 0.05) is 0 Å². The summed E-state index contributed by atoms with van der Waals surface area (Å²) in [7, 11) is 0. The van der Waals surface area contributed by atoms with Crippen LogP contribution in [0.4, 0.5) is 0 Å². The van der Waals surface area contributed by atoms with Crippen molar-refractivity contribution in [1.82, 2.24) is 19.9 Å². The van der Waals surface area contributed by atoms with E-state index in [1.807, 2.05) is 4.98 Å². The molecule has 9 heteroatoms. The summed E-state index contributed by atoms with van der Waals surface area (Å²) in [6, 6.07) is -0.775. The largest absolute Gasteiger partial charge is 1.00 e. The van der Waals surface area contributed by atoms with E-state index in [1.54, 1.807) is 0 Å². The van der Waals surface area contributed by atoms with Crippen LogP contribution < -0.4 is 45.9 Å². The first-order chi connectivity index (χ1) is 5.66. The van der Waals surface area contributed by atoms with E-state index in [-0.39, 0.29) is 46.2 Å². The van der Waals surface area contributed by atoms with Crippen LogP contribution in [0.25, 0.3) is 11.2 Å². The molecule has 0 amide bonds. The first-order valence-electron chi connectivity index (χ1n) is 3.06. The number of aromatic nitrogens is 4. The van der Waals surface area contributed by atoms with Crippen LogP contribution in [0.2, 0.25) is 0 Å². The summed E-state index contributed by atoms with van der Waals surface area (Å²) in [5, 5.41) is 10.6. The molecule has 0 fully saturated rings. The Balaban J connectivity index is 0.000000845. The Kier molecular flexibility index (Phi) is 4.08. The summed E-state index contributed by atoms with van der Waals surface area (Å²) < 4.78 is 0. The molecule has 2 aromatic heterocycles. The normalized spacial score (nSPS) is 9.14. The molecule has 0 aromatic carbocycles. The number of imidazole rings is 1. The molecule has 8 nitrogen and oxygen atoms in total. The van der Waals surface area contributed by atoms with Crippen LogP contribution in [-0.4, -0.2) is 25.4 Å². The third-order valence-electron chi connectivity index (χ3n) is 1.37. The molecule has 0 bridgehead atoms. The molecular formula is C5H5N4NaO4. The van der Waals surface area contributed by atoms with Crippen molar-refractivity contribution in [1.29, 1.82) is 0 Å². The summed E-state index contributed by atoms with van der Waals surface area (Å²) in [5.74, 6) is 0. The molecule has 2 heterocycles. The average molecular weight is 208 g/mol. The number of nitrogens with one attached hydrogen (secondary N) is 3. The number of rotatable bonds is 0. The average Bonchev–Trinajstić information content (AvgIpc) is 2.29. The molecule has 0 aliphatic heterocycles. The van der Waals surface area contributed by atoms with E-state index in [4.69, 9.17) is 0 Å². The monoisotopic (exact) mass is 208 g/mol. The number of hydrogen-bond acceptors (Lipinski definition) is 4. The predicted octanol–water partition coefficient (Wildman–Crippen LogP) is -5.81. The van der Waals surface area contributed by atoms with E-state index < -0.39 is 17.3 Å². The first-order valence-corrected chi connectivity index (χ1v) is 3.06. The van der Waals surface area contributed by atoms with Crippen molar-refractivity contribution in [2.75, 3.05) is 0 Å². The molecule has 70 valence electrons. The second-order valence-electron chi connectivity index (χ2n) is 2.17. The van der Waals surface area contributed by atoms with Gasteiger partial charge in [-0.25, -0.2) is 9.78 Å². The summed E-state index contributed by atoms with van der Waals surface area (Å²) in [4.78, 5) is 31.2. The smallest absolute Gasteiger partial charge is 0.846 e. The first kappa shape index (κ1) is 12.9. The van der Waals surface area contributed by atoms with E-state index in [0.29, 0.717) is 0 Å². The number of aromatic amines is 3. The van der Waals surface area contributed by atoms with Crippen molar-refractivity contribution < 1.29 is 40.1 Å². The molecule has 0 unspecified atom stereocenters. The van der Waals surface area contributed by atoms with Crippen LogP contribution in [0, 0.1) is 0 Å². The Bertz CT molecular complexity index is 540. The second-order valence-corrected chi connectivity index (χ2v) is 2.17. The van der Waals surface area contributed by atoms with Crippen molar-refractivity contribution in [3.8, 4) is 6.01 Å². The van der Waals surface area contributed by atoms with Crippen molar-refractivity contribution in [3.05, 3.63) is 20.8 Å². The third-order valence-corrected chi connectivity index (χ3v) is 1.37. The van der Waals surface area contributed by atoms with Crippen LogP contribution >= 0.6 is 0 Å². The maximum Gasteiger partial charge on any atom is 1.00 e. The van der Waals surface area contributed by atoms with Gasteiger partial charge in [0.1, 0.15) is 0 Å². The van der Waals surface area contributed by atoms with E-state index in [2.05, 4.69) is 15.0 Å². The van der Waals surface area contributed by atoms with Gasteiger partial charge in [0.2, 0.25) is 0 Å². The number of nitrogens with zero attached hydrogens (tertiary/aromatic N) is 1. The van der Waals surface area contributed by atoms with Gasteiger partial charge in [0.05, 0.1) is 6.01 Å². The van der Waals surface area contributed by atoms with Crippen molar-refractivity contribution in [2.45, 2.75) is 0 Å². The summed E-state index contributed by atoms with van der Waals surface area (Å²) in [6.07, 6.45) is 0. The quantitative estimate of drug-likeness (QED) is 0.369. The second kappa shape index (κ2) is 4.42. The predicted molar refractivity (Wildman–Crippen MR) is 40.4 cm³/mol. The molecule has 0 aliphatic carbocycles. The zero-order valence-electron chi connectivity index (χ0n) is 7.17. The third kappa shape index (κ3) is 2.04. The molecule has 0 aliphatic rings. The molecular weight excluding hydrogens is 203 g/mol. The summed E-state index contributed by atoms with van der Waals surface area (Å²) >= 11 is 0. The molecule has 5 N–H and O–H groups in total. The number of H-pyrrole nitrogens is 3. The maximum atomic E-state index is 10.9. The summed E-state index contributed by atoms with van der Waals surface area (Å²) in [5.41, 5.74) is -1.25. The van der Waals surface area contributed by atoms with E-state index in [1.165, 1.54) is 0 Å². The Labute approximate surface area is 98.0 Å². The fraction of sp³-hybridized carbons (Fsp3) is 0. The Hall–Kier alpha value is -1.09. The van der Waals surface area contributed by atoms with Gasteiger partial charge >= 0.3 is 35.2 Å². The van der Waals surface area contributed by atoms with Crippen LogP contribution in [0.1, 0.15) is 0 Å². The fourth-order valence-corrected chi connectivity index (χ4v) is 0.911. The van der Waals surface area contributed by atoms with Gasteiger partial charge in [-0.2, -0.15) is 0 Å². The van der Waals surface area contributed by atoms with E-state index >= 15 is 0 Å². The van der Waals surface area contributed by atoms with E-state index in [9.17, 15) is 14.7 Å². The van der Waals surface area contributed by atoms with Crippen LogP contribution in [0.5, 0.6) is 6.01 Å². The Morgan fingerprint density at radius 1 is 1.14 bits per heavy atom. The van der Waals surface area contributed by atoms with Gasteiger partial charge in [0.15, 0.2) is 11.2 Å². The number of fused-ring (bicyclic) bond motifs is 1. The topological polar surface area (TPSA) is 149 Å². The zero-order valence-corrected chi connectivity index (χ0v) is 9.17. The minimum Gasteiger partial charge on any atom is -0.846 e. The summed E-state index contributed by atoms with van der Waals surface area (Å²) in [6.45, 7) is 0. The van der Waals surface area contributed by atoms with Crippen LogP contribution in [0.3, 0.4) is 0 Å². The van der Waals surface area contributed by atoms with Crippen LogP contribution in [0.15, 0.2) is 9.59 Å². The maximum absolute atomic E-state index is 10.9. The molecule has 2 aromatic rings. The van der Waals surface area contributed by atoms with Crippen molar-refractivity contribution in [3.63, 3.8) is 0 Å². The number of hydrogen-bond donors (Lipinski definition) is 3. The minimum atomic E-state index is -0.775. The van der Waals surface area contributed by atoms with Crippen LogP contribution in [-0.2, 0) is 0 Å². The van der Waals surface area contributed by atoms with Gasteiger partial charge in [-0.1, -0.05) is 0 Å². The molecule has 0 radical (unpaired) electrons. The standard InChI is InChI=1S/C5H4N4O3.Na.H2O/c10-3-1-2(7-4(11)6-1)8-5(12)9-3;;/h(H4,6,7,8,9,10,11,12);;1H2/q;+1;/p-1. The SMILES string of the molecule is O.O=c1[nH]c2nc([O-])[nH]c(=O)c2[nH]1.[Na+]. The fourth-order valence-electron chi connectivity index (χ4n) is 0.911. The van der Waals surface area contributed by atoms with Gasteiger partial charge < -0.3 is 15.6 Å². The minimum absolute atomic E-state index is 0. The Morgan fingerprint density at radius 3 is 2.43 bits per heavy atom. The molecule has 0 atom stereocenters. The molecule has 14 heavy (non-hydrogen) atoms. The zero-order chi connectivity index (χ0) is 8.72. The molecule has 2 rings (SSSR count). The van der Waals surface area contributed by atoms with Crippen molar-refractivity contribution in [2.24, 2.45) is 0 Å². The van der Waals surface area contributed by atoms with E-state index in [0.717, 1.165) is 0 Å². The van der Waals surface area contributed by atoms with Gasteiger partial charge in [-0.15, -0.1) is 0 Å². The molecule has 0 saturated heterocycles. The van der Waals surface area contributed by atoms with Gasteiger partial charge in [0.25, 0.3) is 5.56 Å². The van der Waals surface area contributed by atoms with Crippen molar-refractivity contribution >= 4 is 11.2 Å². The van der Waals surface area contributed by atoms with Gasteiger partial charge in [-0.3, -0.25) is 14.8 Å². The Morgan fingerprint density at radius 2 is 1.79 bits per heavy atom. The van der Waals surface area contributed by atoms with Gasteiger partial charge in [-0.05, 0) is 0 Å². The molecule has 0 saturated carbocycles.